The summed E-state index contributed by atoms with van der Waals surface area (Å²) in [7, 11) is 0. The summed E-state index contributed by atoms with van der Waals surface area (Å²) in [6.45, 7) is 6.42. The Labute approximate surface area is 125 Å². The molecule has 0 amide bonds. The van der Waals surface area contributed by atoms with Crippen LogP contribution in [0.25, 0.3) is 10.9 Å². The number of rotatable bonds is 2. The van der Waals surface area contributed by atoms with Crippen molar-refractivity contribution in [1.29, 1.82) is 0 Å². The van der Waals surface area contributed by atoms with Crippen molar-refractivity contribution in [2.75, 3.05) is 19.7 Å². The summed E-state index contributed by atoms with van der Waals surface area (Å²) >= 11 is 0. The zero-order valence-corrected chi connectivity index (χ0v) is 12.3. The zero-order chi connectivity index (χ0) is 14.4. The van der Waals surface area contributed by atoms with E-state index >= 15 is 0 Å². The molecule has 2 aromatic rings. The van der Waals surface area contributed by atoms with Gasteiger partial charge in [0.2, 0.25) is 0 Å². The zero-order valence-electron chi connectivity index (χ0n) is 12.3. The van der Waals surface area contributed by atoms with Gasteiger partial charge in [0, 0.05) is 28.6 Å². The summed E-state index contributed by atoms with van der Waals surface area (Å²) in [5.41, 5.74) is 3.74. The number of piperidine rings is 1. The molecule has 3 nitrogen and oxygen atoms in total. The number of aliphatic hydroxyl groups excluding tert-OH is 1. The highest BCUT2D eigenvalue weighted by Crippen LogP contribution is 2.50. The number of fused-ring (bicyclic) bond motifs is 5. The van der Waals surface area contributed by atoms with E-state index in [1.807, 2.05) is 6.08 Å². The summed E-state index contributed by atoms with van der Waals surface area (Å²) in [6.07, 6.45) is 5.24. The number of nitrogens with one attached hydrogen (secondary N) is 1. The number of H-pyrrole nitrogens is 1. The first-order valence-electron chi connectivity index (χ1n) is 7.87. The van der Waals surface area contributed by atoms with Crippen molar-refractivity contribution >= 4 is 10.9 Å². The minimum atomic E-state index is -0.214. The number of hydrogen-bond acceptors (Lipinski definition) is 2. The fraction of sp³-hybridized carbons (Fsp3) is 0.444. The number of aromatic nitrogens is 1. The Bertz CT molecular complexity index is 690. The second kappa shape index (κ2) is 4.72. The first-order chi connectivity index (χ1) is 10.3. The Morgan fingerprint density at radius 3 is 3.05 bits per heavy atom. The van der Waals surface area contributed by atoms with Gasteiger partial charge in [-0.2, -0.15) is 0 Å². The summed E-state index contributed by atoms with van der Waals surface area (Å²) in [5.74, 6) is 0. The number of para-hydroxylation sites is 1. The number of nitrogens with zero attached hydrogens (tertiary/aromatic N) is 1. The summed E-state index contributed by atoms with van der Waals surface area (Å²) in [6, 6.07) is 8.78. The van der Waals surface area contributed by atoms with Crippen molar-refractivity contribution in [3.8, 4) is 0 Å². The van der Waals surface area contributed by atoms with E-state index in [0.717, 1.165) is 32.4 Å². The van der Waals surface area contributed by atoms with Gasteiger partial charge in [0.05, 0.1) is 12.6 Å². The second-order valence-corrected chi connectivity index (χ2v) is 6.45. The van der Waals surface area contributed by atoms with E-state index in [-0.39, 0.29) is 18.1 Å². The molecule has 1 fully saturated rings. The normalized spacial score (nSPS) is 29.1. The Morgan fingerprint density at radius 2 is 2.24 bits per heavy atom. The fourth-order valence-electron chi connectivity index (χ4n) is 4.37. The molecule has 110 valence electrons. The third kappa shape index (κ3) is 1.74. The lowest BCUT2D eigenvalue weighted by molar-refractivity contribution is -0.00275. The molecule has 21 heavy (non-hydrogen) atoms. The van der Waals surface area contributed by atoms with Crippen LogP contribution in [-0.4, -0.2) is 34.7 Å². The number of hydrogen-bond donors (Lipinski definition) is 2. The van der Waals surface area contributed by atoms with Crippen molar-refractivity contribution in [3.05, 3.63) is 48.2 Å². The molecule has 2 aliphatic heterocycles. The van der Waals surface area contributed by atoms with E-state index in [4.69, 9.17) is 0 Å². The standard InChI is InChI=1S/C18H22N2O/c1-2-18(12-21)9-5-10-20-11-8-14-13-6-3-4-7-15(13)19-16(14)17(18)20/h2-4,6-7,17,19,21H,1,5,8-12H2/t17-,18-/m0/s1. The van der Waals surface area contributed by atoms with Gasteiger partial charge in [-0.05, 0) is 37.4 Å². The SMILES string of the molecule is C=C[C@@]1(CO)CCCN2CCc3c([nH]c4ccccc34)[C@H]21. The molecule has 2 aliphatic rings. The third-order valence-electron chi connectivity index (χ3n) is 5.47. The van der Waals surface area contributed by atoms with Gasteiger partial charge >= 0.3 is 0 Å². The second-order valence-electron chi connectivity index (χ2n) is 6.45. The van der Waals surface area contributed by atoms with Crippen LogP contribution in [0.4, 0.5) is 0 Å². The quantitative estimate of drug-likeness (QED) is 0.831. The van der Waals surface area contributed by atoms with Gasteiger partial charge in [0.25, 0.3) is 0 Å². The van der Waals surface area contributed by atoms with Crippen LogP contribution in [0.5, 0.6) is 0 Å². The summed E-state index contributed by atoms with van der Waals surface area (Å²) < 4.78 is 0. The molecule has 1 aromatic heterocycles. The van der Waals surface area contributed by atoms with Crippen molar-refractivity contribution < 1.29 is 5.11 Å². The number of aromatic amines is 1. The molecular weight excluding hydrogens is 260 g/mol. The van der Waals surface area contributed by atoms with E-state index in [9.17, 15) is 5.11 Å². The highest BCUT2D eigenvalue weighted by atomic mass is 16.3. The van der Waals surface area contributed by atoms with Crippen LogP contribution in [0.15, 0.2) is 36.9 Å². The molecule has 0 bridgehead atoms. The largest absolute Gasteiger partial charge is 0.395 e. The van der Waals surface area contributed by atoms with Gasteiger partial charge in [0.15, 0.2) is 0 Å². The van der Waals surface area contributed by atoms with E-state index in [2.05, 4.69) is 40.7 Å². The highest BCUT2D eigenvalue weighted by Gasteiger charge is 2.46. The molecule has 3 heteroatoms. The summed E-state index contributed by atoms with van der Waals surface area (Å²) in [4.78, 5) is 6.16. The molecule has 1 aromatic carbocycles. The number of aliphatic hydroxyl groups is 1. The minimum absolute atomic E-state index is 0.173. The van der Waals surface area contributed by atoms with Crippen LogP contribution >= 0.6 is 0 Å². The monoisotopic (exact) mass is 282 g/mol. The van der Waals surface area contributed by atoms with E-state index in [1.54, 1.807) is 0 Å². The smallest absolute Gasteiger partial charge is 0.0615 e. The lowest BCUT2D eigenvalue weighted by atomic mass is 9.70. The summed E-state index contributed by atoms with van der Waals surface area (Å²) in [5, 5.41) is 11.4. The van der Waals surface area contributed by atoms with E-state index in [1.165, 1.54) is 22.2 Å². The maximum atomic E-state index is 10.1. The molecule has 2 atom stereocenters. The maximum Gasteiger partial charge on any atom is 0.0615 e. The predicted molar refractivity (Wildman–Crippen MR) is 85.3 cm³/mol. The Hall–Kier alpha value is -1.58. The lowest BCUT2D eigenvalue weighted by Crippen LogP contribution is -2.50. The van der Waals surface area contributed by atoms with Gasteiger partial charge in [-0.25, -0.2) is 0 Å². The minimum Gasteiger partial charge on any atom is -0.395 e. The molecule has 0 aliphatic carbocycles. The van der Waals surface area contributed by atoms with Crippen molar-refractivity contribution in [3.63, 3.8) is 0 Å². The molecule has 0 radical (unpaired) electrons. The average Bonchev–Trinajstić information content (AvgIpc) is 2.92. The van der Waals surface area contributed by atoms with E-state index < -0.39 is 0 Å². The molecule has 4 rings (SSSR count). The van der Waals surface area contributed by atoms with Gasteiger partial charge in [0.1, 0.15) is 0 Å². The first kappa shape index (κ1) is 13.1. The Balaban J connectivity index is 1.93. The van der Waals surface area contributed by atoms with Crippen LogP contribution in [-0.2, 0) is 6.42 Å². The van der Waals surface area contributed by atoms with Gasteiger partial charge in [-0.1, -0.05) is 24.3 Å². The molecule has 1 saturated heterocycles. The fourth-order valence-corrected chi connectivity index (χ4v) is 4.37. The average molecular weight is 282 g/mol. The molecule has 2 N–H and O–H groups in total. The van der Waals surface area contributed by atoms with E-state index in [0.29, 0.717) is 0 Å². The van der Waals surface area contributed by atoms with Gasteiger partial charge < -0.3 is 10.1 Å². The van der Waals surface area contributed by atoms with Crippen molar-refractivity contribution in [2.24, 2.45) is 5.41 Å². The van der Waals surface area contributed by atoms with Gasteiger partial charge in [-0.3, -0.25) is 4.90 Å². The van der Waals surface area contributed by atoms with Crippen LogP contribution in [0.2, 0.25) is 0 Å². The van der Waals surface area contributed by atoms with Crippen LogP contribution in [0, 0.1) is 5.41 Å². The Morgan fingerprint density at radius 1 is 1.38 bits per heavy atom. The van der Waals surface area contributed by atoms with Crippen molar-refractivity contribution in [1.82, 2.24) is 9.88 Å². The molecule has 0 unspecified atom stereocenters. The molecule has 3 heterocycles. The third-order valence-corrected chi connectivity index (χ3v) is 5.47. The highest BCUT2D eigenvalue weighted by molar-refractivity contribution is 5.85. The van der Waals surface area contributed by atoms with Crippen LogP contribution in [0.3, 0.4) is 0 Å². The topological polar surface area (TPSA) is 39.3 Å². The van der Waals surface area contributed by atoms with Crippen LogP contribution in [0.1, 0.15) is 30.1 Å². The lowest BCUT2D eigenvalue weighted by Gasteiger charge is -2.50. The number of benzene rings is 1. The molecule has 0 saturated carbocycles. The first-order valence-corrected chi connectivity index (χ1v) is 7.87. The Kier molecular flexibility index (Phi) is 2.95. The van der Waals surface area contributed by atoms with Gasteiger partial charge in [-0.15, -0.1) is 6.58 Å². The van der Waals surface area contributed by atoms with Crippen LogP contribution < -0.4 is 0 Å². The predicted octanol–water partition coefficient (Wildman–Crippen LogP) is 3.03. The molecular formula is C18H22N2O. The van der Waals surface area contributed by atoms with Crippen molar-refractivity contribution in [2.45, 2.75) is 25.3 Å². The maximum absolute atomic E-state index is 10.1. The molecule has 0 spiro atoms.